The Hall–Kier alpha value is -3.88. The van der Waals surface area contributed by atoms with Gasteiger partial charge in [0.05, 0.1) is 14.2 Å². The van der Waals surface area contributed by atoms with Gasteiger partial charge in [0.2, 0.25) is 0 Å². The molecule has 0 radical (unpaired) electrons. The number of methoxy groups -OCH3 is 2. The van der Waals surface area contributed by atoms with E-state index in [1.807, 2.05) is 47.4 Å². The van der Waals surface area contributed by atoms with E-state index in [-0.39, 0.29) is 22.4 Å². The maximum absolute atomic E-state index is 13.7. The van der Waals surface area contributed by atoms with Crippen LogP contribution >= 0.6 is 11.6 Å². The number of hydrogen-bond acceptors (Lipinski definition) is 7. The number of benzene rings is 3. The third-order valence-corrected chi connectivity index (χ3v) is 9.03. The summed E-state index contributed by atoms with van der Waals surface area (Å²) in [6.45, 7) is 4.00. The Bertz CT molecular complexity index is 1430. The molecule has 8 nitrogen and oxygen atoms in total. The minimum Gasteiger partial charge on any atom is -0.468 e. The van der Waals surface area contributed by atoms with E-state index in [2.05, 4.69) is 17.0 Å². The smallest absolute Gasteiger partial charge is 0.324 e. The van der Waals surface area contributed by atoms with E-state index in [1.54, 1.807) is 12.1 Å². The summed E-state index contributed by atoms with van der Waals surface area (Å²) in [7, 11) is 2.38. The van der Waals surface area contributed by atoms with E-state index in [0.717, 1.165) is 56.8 Å². The lowest BCUT2D eigenvalue weighted by Gasteiger charge is -2.47. The molecule has 3 aromatic carbocycles. The third-order valence-electron chi connectivity index (χ3n) is 8.79. The van der Waals surface area contributed by atoms with Crippen molar-refractivity contribution in [3.05, 3.63) is 94.5 Å². The van der Waals surface area contributed by atoms with E-state index < -0.39 is 17.9 Å². The number of amides is 1. The first-order valence-corrected chi connectivity index (χ1v) is 15.0. The largest absolute Gasteiger partial charge is 0.468 e. The number of piperidine rings is 2. The van der Waals surface area contributed by atoms with Crippen molar-refractivity contribution in [1.82, 2.24) is 9.80 Å². The van der Waals surface area contributed by atoms with Gasteiger partial charge in [-0.2, -0.15) is 0 Å². The highest BCUT2D eigenvalue weighted by atomic mass is 35.5. The number of hydrogen-bond donors (Lipinski definition) is 0. The van der Waals surface area contributed by atoms with Gasteiger partial charge in [0.25, 0.3) is 5.91 Å². The number of carbonyl (C=O) groups is 3. The first-order chi connectivity index (χ1) is 20.8. The Labute approximate surface area is 257 Å². The van der Waals surface area contributed by atoms with Gasteiger partial charge in [0, 0.05) is 35.8 Å². The molecule has 2 aliphatic rings. The molecule has 1 amide bonds. The molecule has 0 N–H and O–H groups in total. The van der Waals surface area contributed by atoms with Gasteiger partial charge < -0.3 is 19.1 Å². The predicted octanol–water partition coefficient (Wildman–Crippen LogP) is 6.08. The number of ether oxygens (including phenoxy) is 3. The number of para-hydroxylation sites is 2. The Kier molecular flexibility index (Phi) is 9.68. The van der Waals surface area contributed by atoms with Gasteiger partial charge in [-0.25, -0.2) is 0 Å². The molecule has 2 saturated heterocycles. The minimum absolute atomic E-state index is 0.191. The van der Waals surface area contributed by atoms with Crippen molar-refractivity contribution in [3.8, 4) is 11.5 Å². The molecular formula is C34H37ClN2O6. The van der Waals surface area contributed by atoms with Gasteiger partial charge in [-0.1, -0.05) is 48.0 Å². The molecule has 0 aromatic heterocycles. The summed E-state index contributed by atoms with van der Waals surface area (Å²) in [6, 6.07) is 22.7. The molecule has 1 spiro atoms. The van der Waals surface area contributed by atoms with Crippen LogP contribution in [0.15, 0.2) is 72.8 Å². The maximum Gasteiger partial charge on any atom is 0.324 e. The Balaban J connectivity index is 1.21. The zero-order chi connectivity index (χ0) is 30.4. The van der Waals surface area contributed by atoms with Crippen LogP contribution in [0, 0.1) is 5.41 Å². The second-order valence-corrected chi connectivity index (χ2v) is 11.7. The van der Waals surface area contributed by atoms with E-state index in [9.17, 15) is 14.4 Å². The number of halogens is 1. The first kappa shape index (κ1) is 30.6. The number of esters is 2. The van der Waals surface area contributed by atoms with Crippen LogP contribution in [-0.4, -0.2) is 68.0 Å². The van der Waals surface area contributed by atoms with Crippen LogP contribution in [0.3, 0.4) is 0 Å². The van der Waals surface area contributed by atoms with Crippen LogP contribution in [-0.2, 0) is 25.6 Å². The fourth-order valence-corrected chi connectivity index (χ4v) is 6.36. The molecule has 2 aliphatic heterocycles. The van der Waals surface area contributed by atoms with Crippen LogP contribution in [0.1, 0.15) is 53.1 Å². The quantitative estimate of drug-likeness (QED) is 0.227. The zero-order valence-electron chi connectivity index (χ0n) is 24.6. The van der Waals surface area contributed by atoms with Gasteiger partial charge in [-0.05, 0) is 86.1 Å². The normalized spacial score (nSPS) is 16.6. The van der Waals surface area contributed by atoms with Crippen molar-refractivity contribution in [2.24, 2.45) is 5.41 Å². The molecule has 226 valence electrons. The summed E-state index contributed by atoms with van der Waals surface area (Å²) in [5.74, 6) is -1.53. The average Bonchev–Trinajstić information content (AvgIpc) is 3.04. The third kappa shape index (κ3) is 7.03. The second-order valence-electron chi connectivity index (χ2n) is 11.3. The van der Waals surface area contributed by atoms with Crippen molar-refractivity contribution in [2.75, 3.05) is 40.4 Å². The second kappa shape index (κ2) is 13.6. The SMILES string of the molecule is COC(=O)C(C(=O)OC)c1cc(Cl)ccc1C(=O)N1CCC2(CCN(Cc3ccccc3Oc3ccccc3)CC2)CC1. The van der Waals surface area contributed by atoms with Gasteiger partial charge >= 0.3 is 11.9 Å². The summed E-state index contributed by atoms with van der Waals surface area (Å²) in [5.41, 5.74) is 1.81. The highest BCUT2D eigenvalue weighted by Gasteiger charge is 2.40. The lowest BCUT2D eigenvalue weighted by atomic mass is 9.71. The highest BCUT2D eigenvalue weighted by molar-refractivity contribution is 6.31. The summed E-state index contributed by atoms with van der Waals surface area (Å²) < 4.78 is 15.9. The van der Waals surface area contributed by atoms with Gasteiger partial charge in [0.1, 0.15) is 11.5 Å². The van der Waals surface area contributed by atoms with E-state index in [0.29, 0.717) is 18.1 Å². The van der Waals surface area contributed by atoms with Crippen molar-refractivity contribution in [3.63, 3.8) is 0 Å². The highest BCUT2D eigenvalue weighted by Crippen LogP contribution is 2.42. The van der Waals surface area contributed by atoms with Gasteiger partial charge in [-0.3, -0.25) is 19.3 Å². The molecule has 3 aromatic rings. The van der Waals surface area contributed by atoms with Crippen molar-refractivity contribution in [1.29, 1.82) is 0 Å². The summed E-state index contributed by atoms with van der Waals surface area (Å²) in [6.07, 6.45) is 3.94. The van der Waals surface area contributed by atoms with Crippen LogP contribution in [0.2, 0.25) is 5.02 Å². The molecule has 9 heteroatoms. The van der Waals surface area contributed by atoms with Crippen molar-refractivity contribution in [2.45, 2.75) is 38.1 Å². The van der Waals surface area contributed by atoms with E-state index in [4.69, 9.17) is 25.8 Å². The molecule has 5 rings (SSSR count). The number of rotatable bonds is 8. The molecule has 0 bridgehead atoms. The number of nitrogens with zero attached hydrogens (tertiary/aromatic N) is 2. The Morgan fingerprint density at radius 2 is 1.42 bits per heavy atom. The van der Waals surface area contributed by atoms with Crippen LogP contribution in [0.4, 0.5) is 0 Å². The van der Waals surface area contributed by atoms with Crippen LogP contribution in [0.25, 0.3) is 0 Å². The minimum atomic E-state index is -1.39. The molecule has 0 aliphatic carbocycles. The lowest BCUT2D eigenvalue weighted by molar-refractivity contribution is -0.154. The zero-order valence-corrected chi connectivity index (χ0v) is 25.3. The van der Waals surface area contributed by atoms with Crippen molar-refractivity contribution < 1.29 is 28.6 Å². The molecule has 0 unspecified atom stereocenters. The standard InChI is InChI=1S/C34H37ClN2O6/c1-41-32(39)30(33(40)42-2)28-22-25(35)12-13-27(28)31(38)37-20-16-34(17-21-37)14-18-36(19-15-34)23-24-8-6-7-11-29(24)43-26-9-4-3-5-10-26/h3-13,22,30H,14-21,23H2,1-2H3. The van der Waals surface area contributed by atoms with Gasteiger partial charge in [-0.15, -0.1) is 0 Å². The van der Waals surface area contributed by atoms with E-state index in [1.165, 1.54) is 25.8 Å². The predicted molar refractivity (Wildman–Crippen MR) is 163 cm³/mol. The summed E-state index contributed by atoms with van der Waals surface area (Å²) in [5, 5.41) is 0.308. The Morgan fingerprint density at radius 1 is 0.814 bits per heavy atom. The van der Waals surface area contributed by atoms with Crippen molar-refractivity contribution >= 4 is 29.4 Å². The lowest BCUT2D eigenvalue weighted by Crippen LogP contribution is -2.48. The summed E-state index contributed by atoms with van der Waals surface area (Å²) >= 11 is 6.21. The van der Waals surface area contributed by atoms with Crippen LogP contribution in [0.5, 0.6) is 11.5 Å². The average molecular weight is 605 g/mol. The topological polar surface area (TPSA) is 85.4 Å². The van der Waals surface area contributed by atoms with Gasteiger partial charge in [0.15, 0.2) is 5.92 Å². The fraction of sp³-hybridized carbons (Fsp3) is 0.382. The summed E-state index contributed by atoms with van der Waals surface area (Å²) in [4.78, 5) is 43.0. The number of carbonyl (C=O) groups excluding carboxylic acids is 3. The monoisotopic (exact) mass is 604 g/mol. The first-order valence-electron chi connectivity index (χ1n) is 14.6. The molecular weight excluding hydrogens is 568 g/mol. The number of likely N-dealkylation sites (tertiary alicyclic amines) is 2. The maximum atomic E-state index is 13.7. The molecule has 43 heavy (non-hydrogen) atoms. The Morgan fingerprint density at radius 3 is 2.07 bits per heavy atom. The van der Waals surface area contributed by atoms with Crippen LogP contribution < -0.4 is 4.74 Å². The molecule has 0 atom stereocenters. The molecule has 2 fully saturated rings. The van der Waals surface area contributed by atoms with E-state index >= 15 is 0 Å². The molecule has 2 heterocycles. The fourth-order valence-electron chi connectivity index (χ4n) is 6.18. The molecule has 0 saturated carbocycles.